The quantitative estimate of drug-likeness (QED) is 0.417. The molecule has 0 fully saturated rings. The van der Waals surface area contributed by atoms with E-state index in [2.05, 4.69) is 10.3 Å². The fourth-order valence-electron chi connectivity index (χ4n) is 3.50. The topological polar surface area (TPSA) is 68.0 Å². The summed E-state index contributed by atoms with van der Waals surface area (Å²) in [6.45, 7) is 0. The van der Waals surface area contributed by atoms with Crippen molar-refractivity contribution < 1.29 is 18.0 Å². The van der Waals surface area contributed by atoms with Gasteiger partial charge in [0.05, 0.1) is 11.1 Å². The van der Waals surface area contributed by atoms with Crippen molar-refractivity contribution in [3.05, 3.63) is 101 Å². The van der Waals surface area contributed by atoms with E-state index >= 15 is 0 Å². The van der Waals surface area contributed by atoms with Crippen molar-refractivity contribution in [2.45, 2.75) is 12.6 Å². The van der Waals surface area contributed by atoms with Gasteiger partial charge < -0.3 is 11.1 Å². The van der Waals surface area contributed by atoms with Gasteiger partial charge in [0.25, 0.3) is 5.91 Å². The minimum absolute atomic E-state index is 0.0579. The fourth-order valence-corrected chi connectivity index (χ4v) is 3.50. The van der Waals surface area contributed by atoms with Crippen LogP contribution in [0.15, 0.2) is 79.0 Å². The van der Waals surface area contributed by atoms with E-state index in [1.807, 2.05) is 30.3 Å². The lowest BCUT2D eigenvalue weighted by Crippen LogP contribution is -2.16. The molecule has 1 aromatic heterocycles. The maximum atomic E-state index is 13.0. The third kappa shape index (κ3) is 4.35. The average Bonchev–Trinajstić information content (AvgIpc) is 2.75. The van der Waals surface area contributed by atoms with E-state index < -0.39 is 17.6 Å². The molecule has 0 bridgehead atoms. The Morgan fingerprint density at radius 2 is 1.74 bits per heavy atom. The number of carbonyl (C=O) groups is 1. The molecule has 0 spiro atoms. The van der Waals surface area contributed by atoms with E-state index in [0.717, 1.165) is 28.6 Å². The molecule has 0 saturated heterocycles. The van der Waals surface area contributed by atoms with Crippen LogP contribution in [0.3, 0.4) is 0 Å². The number of benzene rings is 3. The predicted octanol–water partition coefficient (Wildman–Crippen LogP) is 5.68. The number of aromatic nitrogens is 1. The summed E-state index contributed by atoms with van der Waals surface area (Å²) in [5.74, 6) is -0.528. The number of nitrogen functional groups attached to an aromatic ring is 1. The molecule has 1 heterocycles. The number of amides is 1. The van der Waals surface area contributed by atoms with E-state index in [-0.39, 0.29) is 5.69 Å². The molecule has 31 heavy (non-hydrogen) atoms. The van der Waals surface area contributed by atoms with Crippen molar-refractivity contribution in [1.82, 2.24) is 4.98 Å². The molecule has 3 aromatic carbocycles. The number of hydrogen-bond acceptors (Lipinski definition) is 3. The van der Waals surface area contributed by atoms with Crippen molar-refractivity contribution in [2.75, 3.05) is 11.1 Å². The van der Waals surface area contributed by atoms with Crippen LogP contribution in [0.2, 0.25) is 0 Å². The second-order valence-electron chi connectivity index (χ2n) is 7.07. The number of halogens is 3. The Balaban J connectivity index is 1.67. The Bertz CT molecular complexity index is 1260. The zero-order chi connectivity index (χ0) is 22.0. The summed E-state index contributed by atoms with van der Waals surface area (Å²) in [5, 5.41) is 3.50. The number of hydrogen-bond donors (Lipinski definition) is 2. The number of rotatable bonds is 4. The van der Waals surface area contributed by atoms with Gasteiger partial charge in [-0.05, 0) is 53.6 Å². The lowest BCUT2D eigenvalue weighted by Gasteiger charge is -2.15. The van der Waals surface area contributed by atoms with E-state index in [0.29, 0.717) is 23.2 Å². The summed E-state index contributed by atoms with van der Waals surface area (Å²) in [5.41, 5.74) is 8.50. The van der Waals surface area contributed by atoms with Gasteiger partial charge in [-0.25, -0.2) is 0 Å². The molecule has 0 radical (unpaired) electrons. The first-order valence-electron chi connectivity index (χ1n) is 9.51. The predicted molar refractivity (Wildman–Crippen MR) is 115 cm³/mol. The first-order valence-corrected chi connectivity index (χ1v) is 9.51. The standard InChI is InChI=1S/C24H18F3N3O/c25-24(26,27)16-6-2-7-17(14-16)30-23(31)19-8-3-10-21(28)20(19)13-15-5-1-11-22-18(15)9-4-12-29-22/h1-12,14H,13,28H2,(H,30,31). The SMILES string of the molecule is Nc1cccc(C(=O)Nc2cccc(C(F)(F)F)c2)c1Cc1cccc2ncccc12. The molecule has 156 valence electrons. The van der Waals surface area contributed by atoms with Gasteiger partial charge in [-0.2, -0.15) is 13.2 Å². The zero-order valence-corrected chi connectivity index (χ0v) is 16.3. The van der Waals surface area contributed by atoms with Crippen LogP contribution in [-0.4, -0.2) is 10.9 Å². The number of nitrogens with zero attached hydrogens (tertiary/aromatic N) is 1. The summed E-state index contributed by atoms with van der Waals surface area (Å²) in [4.78, 5) is 17.3. The van der Waals surface area contributed by atoms with Gasteiger partial charge in [0.2, 0.25) is 0 Å². The van der Waals surface area contributed by atoms with Crippen LogP contribution in [0.5, 0.6) is 0 Å². The summed E-state index contributed by atoms with van der Waals surface area (Å²) in [6.07, 6.45) is -2.41. The number of fused-ring (bicyclic) bond motifs is 1. The molecule has 0 aliphatic heterocycles. The number of anilines is 2. The normalized spacial score (nSPS) is 11.5. The Morgan fingerprint density at radius 3 is 2.55 bits per heavy atom. The monoisotopic (exact) mass is 421 g/mol. The van der Waals surface area contributed by atoms with Crippen LogP contribution in [0.4, 0.5) is 24.5 Å². The maximum Gasteiger partial charge on any atom is 0.416 e. The van der Waals surface area contributed by atoms with Crippen LogP contribution in [0.25, 0.3) is 10.9 Å². The molecule has 7 heteroatoms. The zero-order valence-electron chi connectivity index (χ0n) is 16.3. The second-order valence-corrected chi connectivity index (χ2v) is 7.07. The molecule has 0 atom stereocenters. The highest BCUT2D eigenvalue weighted by Gasteiger charge is 2.30. The molecular formula is C24H18F3N3O. The lowest BCUT2D eigenvalue weighted by atomic mass is 9.95. The minimum atomic E-state index is -4.49. The van der Waals surface area contributed by atoms with Gasteiger partial charge in [-0.1, -0.05) is 30.3 Å². The smallest absolute Gasteiger partial charge is 0.398 e. The van der Waals surface area contributed by atoms with Crippen molar-refractivity contribution in [2.24, 2.45) is 0 Å². The van der Waals surface area contributed by atoms with Gasteiger partial charge in [-0.3, -0.25) is 9.78 Å². The summed E-state index contributed by atoms with van der Waals surface area (Å²) in [7, 11) is 0. The number of alkyl halides is 3. The molecule has 0 aliphatic carbocycles. The Hall–Kier alpha value is -3.87. The molecule has 3 N–H and O–H groups in total. The van der Waals surface area contributed by atoms with Crippen molar-refractivity contribution in [1.29, 1.82) is 0 Å². The molecule has 0 aliphatic rings. The first-order chi connectivity index (χ1) is 14.8. The molecule has 0 saturated carbocycles. The Kier molecular flexibility index (Phi) is 5.33. The van der Waals surface area contributed by atoms with E-state index in [4.69, 9.17) is 5.73 Å². The highest BCUT2D eigenvalue weighted by atomic mass is 19.4. The highest BCUT2D eigenvalue weighted by Crippen LogP contribution is 2.31. The van der Waals surface area contributed by atoms with Crippen LogP contribution >= 0.6 is 0 Å². The van der Waals surface area contributed by atoms with Crippen LogP contribution < -0.4 is 11.1 Å². The van der Waals surface area contributed by atoms with Crippen LogP contribution in [-0.2, 0) is 12.6 Å². The molecule has 4 rings (SSSR count). The minimum Gasteiger partial charge on any atom is -0.398 e. The molecule has 4 aromatic rings. The largest absolute Gasteiger partial charge is 0.416 e. The van der Waals surface area contributed by atoms with Gasteiger partial charge >= 0.3 is 6.18 Å². The number of carbonyl (C=O) groups excluding carboxylic acids is 1. The Labute approximate surface area is 176 Å². The van der Waals surface area contributed by atoms with Crippen molar-refractivity contribution in [3.63, 3.8) is 0 Å². The van der Waals surface area contributed by atoms with Gasteiger partial charge in [-0.15, -0.1) is 0 Å². The molecule has 1 amide bonds. The van der Waals surface area contributed by atoms with Crippen molar-refractivity contribution in [3.8, 4) is 0 Å². The van der Waals surface area contributed by atoms with E-state index in [1.54, 1.807) is 24.4 Å². The summed E-state index contributed by atoms with van der Waals surface area (Å²) in [6, 6.07) is 19.0. The highest BCUT2D eigenvalue weighted by molar-refractivity contribution is 6.06. The van der Waals surface area contributed by atoms with Gasteiger partial charge in [0.1, 0.15) is 0 Å². The molecule has 0 unspecified atom stereocenters. The Morgan fingerprint density at radius 1 is 0.968 bits per heavy atom. The molecular weight excluding hydrogens is 403 g/mol. The number of pyridine rings is 1. The average molecular weight is 421 g/mol. The lowest BCUT2D eigenvalue weighted by molar-refractivity contribution is -0.137. The third-order valence-electron chi connectivity index (χ3n) is 5.01. The number of nitrogens with two attached hydrogens (primary N) is 1. The summed E-state index contributed by atoms with van der Waals surface area (Å²) >= 11 is 0. The molecule has 4 nitrogen and oxygen atoms in total. The van der Waals surface area contributed by atoms with Gasteiger partial charge in [0.15, 0.2) is 0 Å². The fraction of sp³-hybridized carbons (Fsp3) is 0.0833. The first kappa shape index (κ1) is 20.4. The third-order valence-corrected chi connectivity index (χ3v) is 5.01. The van der Waals surface area contributed by atoms with Gasteiger partial charge in [0, 0.05) is 34.9 Å². The summed E-state index contributed by atoms with van der Waals surface area (Å²) < 4.78 is 38.9. The maximum absolute atomic E-state index is 13.0. The van der Waals surface area contributed by atoms with E-state index in [9.17, 15) is 18.0 Å². The number of nitrogens with one attached hydrogen (secondary N) is 1. The second kappa shape index (κ2) is 8.10. The van der Waals surface area contributed by atoms with Crippen LogP contribution in [0, 0.1) is 0 Å². The van der Waals surface area contributed by atoms with Crippen LogP contribution in [0.1, 0.15) is 27.0 Å². The van der Waals surface area contributed by atoms with Crippen molar-refractivity contribution >= 4 is 28.2 Å². The van der Waals surface area contributed by atoms with E-state index in [1.165, 1.54) is 12.1 Å².